The Bertz CT molecular complexity index is 322. The number of hydrogen-bond donors (Lipinski definition) is 0. The van der Waals surface area contributed by atoms with Crippen LogP contribution in [0.1, 0.15) is 65.2 Å². The molecule has 0 radical (unpaired) electrons. The van der Waals surface area contributed by atoms with E-state index in [1.807, 2.05) is 6.92 Å². The van der Waals surface area contributed by atoms with Crippen molar-refractivity contribution in [3.05, 3.63) is 0 Å². The highest BCUT2D eigenvalue weighted by Crippen LogP contribution is 2.32. The summed E-state index contributed by atoms with van der Waals surface area (Å²) >= 11 is 0. The van der Waals surface area contributed by atoms with E-state index in [4.69, 9.17) is 4.74 Å². The van der Waals surface area contributed by atoms with Crippen LogP contribution in [0.5, 0.6) is 0 Å². The molecule has 0 N–H and O–H groups in total. The van der Waals surface area contributed by atoms with Gasteiger partial charge in [-0.05, 0) is 38.0 Å². The summed E-state index contributed by atoms with van der Waals surface area (Å²) in [5, 5.41) is 0. The maximum absolute atomic E-state index is 12.6. The Kier molecular flexibility index (Phi) is 8.40. The van der Waals surface area contributed by atoms with Gasteiger partial charge in [-0.1, -0.05) is 33.1 Å². The molecule has 1 aliphatic carbocycles. The molecule has 1 aliphatic rings. The number of unbranched alkanes of at least 4 members (excludes halogenated alkanes) is 1. The van der Waals surface area contributed by atoms with Crippen LogP contribution in [0.25, 0.3) is 0 Å². The van der Waals surface area contributed by atoms with Crippen molar-refractivity contribution >= 4 is 11.9 Å². The largest absolute Gasteiger partial charge is 0.468 e. The molecule has 0 aromatic rings. The maximum atomic E-state index is 12.6. The number of rotatable bonds is 8. The first-order chi connectivity index (χ1) is 10.1. The van der Waals surface area contributed by atoms with Crippen molar-refractivity contribution in [2.24, 2.45) is 11.8 Å². The summed E-state index contributed by atoms with van der Waals surface area (Å²) in [6.45, 7) is 4.99. The van der Waals surface area contributed by atoms with E-state index in [-0.39, 0.29) is 24.3 Å². The second-order valence-electron chi connectivity index (χ2n) is 6.20. The lowest BCUT2D eigenvalue weighted by atomic mass is 9.79. The monoisotopic (exact) mass is 297 g/mol. The summed E-state index contributed by atoms with van der Waals surface area (Å²) in [4.78, 5) is 25.7. The van der Waals surface area contributed by atoms with Crippen molar-refractivity contribution in [1.29, 1.82) is 0 Å². The van der Waals surface area contributed by atoms with Gasteiger partial charge in [-0.15, -0.1) is 0 Å². The Balaban J connectivity index is 2.47. The summed E-state index contributed by atoms with van der Waals surface area (Å²) < 4.78 is 4.69. The van der Waals surface area contributed by atoms with Gasteiger partial charge in [-0.2, -0.15) is 0 Å². The van der Waals surface area contributed by atoms with Crippen LogP contribution in [0.3, 0.4) is 0 Å². The first-order valence-corrected chi connectivity index (χ1v) is 8.47. The lowest BCUT2D eigenvalue weighted by molar-refractivity contribution is -0.149. The number of methoxy groups -OCH3 is 1. The first-order valence-electron chi connectivity index (χ1n) is 8.47. The molecule has 0 saturated heterocycles. The van der Waals surface area contributed by atoms with Gasteiger partial charge in [0, 0.05) is 12.5 Å². The van der Waals surface area contributed by atoms with Gasteiger partial charge in [-0.25, -0.2) is 0 Å². The Hall–Kier alpha value is -1.06. The van der Waals surface area contributed by atoms with E-state index in [2.05, 4.69) is 6.92 Å². The Morgan fingerprint density at radius 3 is 2.29 bits per heavy atom. The summed E-state index contributed by atoms with van der Waals surface area (Å²) in [6, 6.07) is 0. The molecule has 0 bridgehead atoms. The minimum atomic E-state index is -0.326. The highest BCUT2D eigenvalue weighted by atomic mass is 16.5. The Morgan fingerprint density at radius 2 is 1.76 bits per heavy atom. The molecule has 0 aliphatic heterocycles. The highest BCUT2D eigenvalue weighted by molar-refractivity contribution is 5.83. The molecule has 21 heavy (non-hydrogen) atoms. The van der Waals surface area contributed by atoms with Crippen molar-refractivity contribution in [1.82, 2.24) is 4.90 Å². The van der Waals surface area contributed by atoms with Crippen molar-refractivity contribution < 1.29 is 14.3 Å². The molecule has 1 rings (SSSR count). The Morgan fingerprint density at radius 1 is 1.10 bits per heavy atom. The van der Waals surface area contributed by atoms with Crippen LogP contribution in [-0.4, -0.2) is 37.0 Å². The number of hydrogen-bond acceptors (Lipinski definition) is 3. The van der Waals surface area contributed by atoms with Gasteiger partial charge in [-0.3, -0.25) is 9.59 Å². The molecule has 122 valence electrons. The smallest absolute Gasteiger partial charge is 0.325 e. The van der Waals surface area contributed by atoms with Crippen LogP contribution in [-0.2, 0) is 14.3 Å². The average molecular weight is 297 g/mol. The third kappa shape index (κ3) is 6.06. The van der Waals surface area contributed by atoms with Crippen LogP contribution >= 0.6 is 0 Å². The van der Waals surface area contributed by atoms with E-state index < -0.39 is 0 Å². The number of amides is 1. The topological polar surface area (TPSA) is 46.6 Å². The number of carbonyl (C=O) groups is 2. The van der Waals surface area contributed by atoms with E-state index in [9.17, 15) is 9.59 Å². The van der Waals surface area contributed by atoms with E-state index >= 15 is 0 Å². The predicted octanol–water partition coefficient (Wildman–Crippen LogP) is 3.39. The highest BCUT2D eigenvalue weighted by Gasteiger charge is 2.29. The van der Waals surface area contributed by atoms with E-state index in [0.717, 1.165) is 38.0 Å². The fraction of sp³-hybridized carbons (Fsp3) is 0.882. The maximum Gasteiger partial charge on any atom is 0.325 e. The zero-order valence-corrected chi connectivity index (χ0v) is 13.9. The van der Waals surface area contributed by atoms with Gasteiger partial charge in [0.1, 0.15) is 6.54 Å². The fourth-order valence-electron chi connectivity index (χ4n) is 3.21. The molecule has 4 nitrogen and oxygen atoms in total. The molecule has 4 heteroatoms. The molecule has 0 aromatic heterocycles. The quantitative estimate of drug-likeness (QED) is 0.645. The van der Waals surface area contributed by atoms with Gasteiger partial charge >= 0.3 is 5.97 Å². The number of ether oxygens (including phenoxy) is 1. The van der Waals surface area contributed by atoms with Crippen molar-refractivity contribution in [3.8, 4) is 0 Å². The third-order valence-corrected chi connectivity index (χ3v) is 4.51. The molecule has 1 saturated carbocycles. The number of esters is 1. The molecule has 1 fully saturated rings. The van der Waals surface area contributed by atoms with E-state index in [1.54, 1.807) is 4.90 Å². The lowest BCUT2D eigenvalue weighted by Crippen LogP contribution is -2.41. The van der Waals surface area contributed by atoms with Crippen molar-refractivity contribution in [2.45, 2.75) is 65.2 Å². The van der Waals surface area contributed by atoms with E-state index in [1.165, 1.54) is 26.4 Å². The fourth-order valence-corrected chi connectivity index (χ4v) is 3.21. The Labute approximate surface area is 129 Å². The second-order valence-corrected chi connectivity index (χ2v) is 6.20. The number of nitrogens with zero attached hydrogens (tertiary/aromatic N) is 1. The average Bonchev–Trinajstić information content (AvgIpc) is 2.52. The van der Waals surface area contributed by atoms with Crippen LogP contribution in [0.15, 0.2) is 0 Å². The van der Waals surface area contributed by atoms with E-state index in [0.29, 0.717) is 6.54 Å². The van der Waals surface area contributed by atoms with Gasteiger partial charge in [0.15, 0.2) is 0 Å². The van der Waals surface area contributed by atoms with Crippen molar-refractivity contribution in [2.75, 3.05) is 20.2 Å². The normalized spacial score (nSPS) is 21.9. The van der Waals surface area contributed by atoms with Crippen LogP contribution in [0, 0.1) is 11.8 Å². The van der Waals surface area contributed by atoms with Gasteiger partial charge in [0.2, 0.25) is 5.91 Å². The SMILES string of the molecule is CCCCC1CCC(C(=O)N(CCC)CC(=O)OC)CC1. The molecule has 0 spiro atoms. The third-order valence-electron chi connectivity index (χ3n) is 4.51. The van der Waals surface area contributed by atoms with Crippen LogP contribution in [0.4, 0.5) is 0 Å². The van der Waals surface area contributed by atoms with Gasteiger partial charge in [0.05, 0.1) is 7.11 Å². The molecule has 0 unspecified atom stereocenters. The molecule has 0 heterocycles. The second kappa shape index (κ2) is 9.80. The van der Waals surface area contributed by atoms with Gasteiger partial charge < -0.3 is 9.64 Å². The summed E-state index contributed by atoms with van der Waals surface area (Å²) in [7, 11) is 1.37. The molecular formula is C17H31NO3. The standard InChI is InChI=1S/C17H31NO3/c1-4-6-7-14-8-10-15(11-9-14)17(20)18(12-5-2)13-16(19)21-3/h14-15H,4-13H2,1-3H3. The minimum absolute atomic E-state index is 0.0962. The number of carbonyl (C=O) groups excluding carboxylic acids is 2. The summed E-state index contributed by atoms with van der Waals surface area (Å²) in [5.41, 5.74) is 0. The lowest BCUT2D eigenvalue weighted by Gasteiger charge is -2.31. The van der Waals surface area contributed by atoms with Crippen LogP contribution in [0.2, 0.25) is 0 Å². The summed E-state index contributed by atoms with van der Waals surface area (Å²) in [6.07, 6.45) is 9.01. The molecule has 1 amide bonds. The van der Waals surface area contributed by atoms with Crippen LogP contribution < -0.4 is 0 Å². The molecular weight excluding hydrogens is 266 g/mol. The summed E-state index contributed by atoms with van der Waals surface area (Å²) in [5.74, 6) is 0.734. The first kappa shape index (κ1) is 18.0. The zero-order valence-electron chi connectivity index (χ0n) is 13.9. The molecule has 0 aromatic carbocycles. The minimum Gasteiger partial charge on any atom is -0.468 e. The van der Waals surface area contributed by atoms with Gasteiger partial charge in [0.25, 0.3) is 0 Å². The van der Waals surface area contributed by atoms with Crippen molar-refractivity contribution in [3.63, 3.8) is 0 Å². The molecule has 0 atom stereocenters. The predicted molar refractivity (Wildman–Crippen MR) is 83.9 cm³/mol. The zero-order chi connectivity index (χ0) is 15.7.